The van der Waals surface area contributed by atoms with Gasteiger partial charge < -0.3 is 0 Å². The van der Waals surface area contributed by atoms with Crippen molar-refractivity contribution in [3.8, 4) is 22.3 Å². The smallest absolute Gasteiger partial charge is 0.0145 e. The van der Waals surface area contributed by atoms with Gasteiger partial charge in [-0.15, -0.1) is 0 Å². The number of aryl methyl sites for hydroxylation is 3. The minimum atomic E-state index is 1.27. The molecular weight excluding hydrogens is 300 g/mol. The van der Waals surface area contributed by atoms with Crippen LogP contribution in [0.4, 0.5) is 0 Å². The topological polar surface area (TPSA) is 0 Å². The molecule has 0 spiro atoms. The molecule has 4 rings (SSSR count). The fraction of sp³-hybridized carbons (Fsp3) is 0.120. The van der Waals surface area contributed by atoms with E-state index in [0.29, 0.717) is 0 Å². The van der Waals surface area contributed by atoms with E-state index in [0.717, 1.165) is 0 Å². The SMILES string of the molecule is Cc1ccc(-c2ccc(C)c(-c3ccc4ccccc4c3C)c2)cc1. The van der Waals surface area contributed by atoms with Crippen LogP contribution < -0.4 is 0 Å². The number of fused-ring (bicyclic) bond motifs is 1. The first-order valence-corrected chi connectivity index (χ1v) is 8.80. The van der Waals surface area contributed by atoms with Crippen molar-refractivity contribution in [2.45, 2.75) is 20.8 Å². The highest BCUT2D eigenvalue weighted by Crippen LogP contribution is 2.34. The van der Waals surface area contributed by atoms with Gasteiger partial charge in [0.2, 0.25) is 0 Å². The van der Waals surface area contributed by atoms with Gasteiger partial charge in [-0.1, -0.05) is 78.4 Å². The Morgan fingerprint density at radius 1 is 0.560 bits per heavy atom. The van der Waals surface area contributed by atoms with Crippen molar-refractivity contribution in [2.75, 3.05) is 0 Å². The Bertz CT molecular complexity index is 1050. The largest absolute Gasteiger partial charge is 0.0616 e. The van der Waals surface area contributed by atoms with Crippen LogP contribution in [-0.2, 0) is 0 Å². The van der Waals surface area contributed by atoms with E-state index in [2.05, 4.69) is 99.6 Å². The molecule has 0 aliphatic heterocycles. The molecule has 0 amide bonds. The lowest BCUT2D eigenvalue weighted by molar-refractivity contribution is 1.42. The van der Waals surface area contributed by atoms with Crippen LogP contribution >= 0.6 is 0 Å². The van der Waals surface area contributed by atoms with Gasteiger partial charge in [0.1, 0.15) is 0 Å². The summed E-state index contributed by atoms with van der Waals surface area (Å²) in [4.78, 5) is 0. The van der Waals surface area contributed by atoms with Crippen molar-refractivity contribution in [1.82, 2.24) is 0 Å². The summed E-state index contributed by atoms with van der Waals surface area (Å²) in [6.45, 7) is 6.56. The van der Waals surface area contributed by atoms with Gasteiger partial charge in [-0.25, -0.2) is 0 Å². The van der Waals surface area contributed by atoms with Gasteiger partial charge in [0, 0.05) is 0 Å². The zero-order valence-corrected chi connectivity index (χ0v) is 15.0. The Hall–Kier alpha value is -2.86. The molecule has 0 saturated carbocycles. The molecule has 0 heteroatoms. The quantitative estimate of drug-likeness (QED) is 0.369. The summed E-state index contributed by atoms with van der Waals surface area (Å²) in [5.41, 5.74) is 9.14. The van der Waals surface area contributed by atoms with Gasteiger partial charge in [0.05, 0.1) is 0 Å². The average Bonchev–Trinajstić information content (AvgIpc) is 2.64. The highest BCUT2D eigenvalue weighted by atomic mass is 14.1. The van der Waals surface area contributed by atoms with Crippen LogP contribution in [0.5, 0.6) is 0 Å². The van der Waals surface area contributed by atoms with E-state index in [-0.39, 0.29) is 0 Å². The normalized spacial score (nSPS) is 11.0. The Kier molecular flexibility index (Phi) is 3.89. The lowest BCUT2D eigenvalue weighted by atomic mass is 9.90. The first-order valence-electron chi connectivity index (χ1n) is 8.80. The molecule has 122 valence electrons. The van der Waals surface area contributed by atoms with E-state index in [9.17, 15) is 0 Å². The number of rotatable bonds is 2. The molecule has 0 heterocycles. The Morgan fingerprint density at radius 2 is 1.28 bits per heavy atom. The summed E-state index contributed by atoms with van der Waals surface area (Å²) in [5, 5.41) is 2.64. The molecule has 0 fully saturated rings. The van der Waals surface area contributed by atoms with Gasteiger partial charge in [0.15, 0.2) is 0 Å². The van der Waals surface area contributed by atoms with Crippen LogP contribution in [0.25, 0.3) is 33.0 Å². The van der Waals surface area contributed by atoms with Crippen molar-refractivity contribution in [1.29, 1.82) is 0 Å². The van der Waals surface area contributed by atoms with Crippen LogP contribution in [0.2, 0.25) is 0 Å². The predicted molar refractivity (Wildman–Crippen MR) is 109 cm³/mol. The van der Waals surface area contributed by atoms with Crippen molar-refractivity contribution < 1.29 is 0 Å². The van der Waals surface area contributed by atoms with E-state index < -0.39 is 0 Å². The van der Waals surface area contributed by atoms with Crippen LogP contribution in [-0.4, -0.2) is 0 Å². The molecule has 0 aliphatic carbocycles. The van der Waals surface area contributed by atoms with Crippen LogP contribution in [0.15, 0.2) is 78.9 Å². The molecule has 0 nitrogen and oxygen atoms in total. The molecule has 0 N–H and O–H groups in total. The number of hydrogen-bond donors (Lipinski definition) is 0. The van der Waals surface area contributed by atoms with Gasteiger partial charge in [-0.2, -0.15) is 0 Å². The summed E-state index contributed by atoms with van der Waals surface area (Å²) in [5.74, 6) is 0. The first kappa shape index (κ1) is 15.7. The average molecular weight is 322 g/mol. The fourth-order valence-electron chi connectivity index (χ4n) is 3.56. The third kappa shape index (κ3) is 2.85. The number of benzene rings is 4. The Morgan fingerprint density at radius 3 is 2.08 bits per heavy atom. The summed E-state index contributed by atoms with van der Waals surface area (Å²) in [7, 11) is 0. The third-order valence-corrected chi connectivity index (χ3v) is 5.11. The van der Waals surface area contributed by atoms with E-state index in [1.165, 1.54) is 49.7 Å². The lowest BCUT2D eigenvalue weighted by Gasteiger charge is -2.14. The van der Waals surface area contributed by atoms with Gasteiger partial charge >= 0.3 is 0 Å². The Labute approximate surface area is 149 Å². The zero-order chi connectivity index (χ0) is 17.4. The first-order chi connectivity index (χ1) is 12.1. The summed E-state index contributed by atoms with van der Waals surface area (Å²) in [6.07, 6.45) is 0. The van der Waals surface area contributed by atoms with Crippen LogP contribution in [0.3, 0.4) is 0 Å². The van der Waals surface area contributed by atoms with Gasteiger partial charge in [0.25, 0.3) is 0 Å². The third-order valence-electron chi connectivity index (χ3n) is 5.11. The second-order valence-electron chi connectivity index (χ2n) is 6.85. The Balaban J connectivity index is 1.89. The molecule has 0 aromatic heterocycles. The molecule has 0 bridgehead atoms. The molecule has 4 aromatic rings. The van der Waals surface area contributed by atoms with Crippen LogP contribution in [0, 0.1) is 20.8 Å². The summed E-state index contributed by atoms with van der Waals surface area (Å²) in [6, 6.07) is 28.7. The summed E-state index contributed by atoms with van der Waals surface area (Å²) >= 11 is 0. The second kappa shape index (κ2) is 6.22. The predicted octanol–water partition coefficient (Wildman–Crippen LogP) is 7.10. The maximum absolute atomic E-state index is 2.33. The van der Waals surface area contributed by atoms with E-state index in [4.69, 9.17) is 0 Å². The van der Waals surface area contributed by atoms with Crippen LogP contribution in [0.1, 0.15) is 16.7 Å². The molecule has 0 saturated heterocycles. The van der Waals surface area contributed by atoms with E-state index >= 15 is 0 Å². The molecule has 0 atom stereocenters. The van der Waals surface area contributed by atoms with E-state index in [1.807, 2.05) is 0 Å². The standard InChI is InChI=1S/C25H22/c1-17-8-11-20(12-9-17)22-13-10-18(2)25(16-22)24-15-14-21-6-4-5-7-23(21)19(24)3/h4-16H,1-3H3. The molecule has 4 aromatic carbocycles. The summed E-state index contributed by atoms with van der Waals surface area (Å²) < 4.78 is 0. The molecule has 0 aliphatic rings. The molecule has 0 unspecified atom stereocenters. The monoisotopic (exact) mass is 322 g/mol. The molecule has 0 radical (unpaired) electrons. The maximum Gasteiger partial charge on any atom is -0.0145 e. The minimum absolute atomic E-state index is 1.27. The van der Waals surface area contributed by atoms with Crippen molar-refractivity contribution in [3.63, 3.8) is 0 Å². The van der Waals surface area contributed by atoms with Crippen molar-refractivity contribution in [2.24, 2.45) is 0 Å². The highest BCUT2D eigenvalue weighted by molar-refractivity contribution is 5.92. The van der Waals surface area contributed by atoms with Gasteiger partial charge in [-0.05, 0) is 71.0 Å². The number of hydrogen-bond acceptors (Lipinski definition) is 0. The fourth-order valence-corrected chi connectivity index (χ4v) is 3.56. The second-order valence-corrected chi connectivity index (χ2v) is 6.85. The minimum Gasteiger partial charge on any atom is -0.0616 e. The highest BCUT2D eigenvalue weighted by Gasteiger charge is 2.10. The van der Waals surface area contributed by atoms with E-state index in [1.54, 1.807) is 0 Å². The van der Waals surface area contributed by atoms with Crippen molar-refractivity contribution >= 4 is 10.8 Å². The van der Waals surface area contributed by atoms with Crippen molar-refractivity contribution in [3.05, 3.63) is 95.6 Å². The maximum atomic E-state index is 2.33. The molecular formula is C25H22. The lowest BCUT2D eigenvalue weighted by Crippen LogP contribution is -1.90. The van der Waals surface area contributed by atoms with Gasteiger partial charge in [-0.3, -0.25) is 0 Å². The zero-order valence-electron chi connectivity index (χ0n) is 15.0. The molecule has 25 heavy (non-hydrogen) atoms.